The van der Waals surface area contributed by atoms with Gasteiger partial charge in [-0.25, -0.2) is 0 Å². The molecule has 2 rings (SSSR count). The number of hydrogen-bond donors (Lipinski definition) is 1. The third-order valence-electron chi connectivity index (χ3n) is 2.73. The van der Waals surface area contributed by atoms with E-state index < -0.39 is 10.9 Å². The molecule has 1 aliphatic rings. The minimum absolute atomic E-state index is 0.103. The van der Waals surface area contributed by atoms with Crippen LogP contribution in [0.2, 0.25) is 0 Å². The van der Waals surface area contributed by atoms with Crippen molar-refractivity contribution in [1.29, 1.82) is 0 Å². The van der Waals surface area contributed by atoms with Gasteiger partial charge in [-0.15, -0.1) is 0 Å². The van der Waals surface area contributed by atoms with E-state index in [0.717, 1.165) is 0 Å². The average molecular weight is 211 g/mol. The van der Waals surface area contributed by atoms with Gasteiger partial charge in [0.05, 0.1) is 7.11 Å². The van der Waals surface area contributed by atoms with E-state index in [1.807, 2.05) is 4.90 Å². The molecule has 15 heavy (non-hydrogen) atoms. The van der Waals surface area contributed by atoms with Crippen LogP contribution in [0.1, 0.15) is 0 Å². The highest BCUT2D eigenvalue weighted by Crippen LogP contribution is 2.18. The molecule has 0 spiro atoms. The van der Waals surface area contributed by atoms with E-state index in [1.165, 1.54) is 0 Å². The number of rotatable bonds is 2. The summed E-state index contributed by atoms with van der Waals surface area (Å²) < 4.78 is 0. The van der Waals surface area contributed by atoms with Gasteiger partial charge in [-0.2, -0.15) is 5.06 Å². The van der Waals surface area contributed by atoms with Gasteiger partial charge < -0.3 is 15.5 Å². The molecule has 0 unspecified atom stereocenters. The Morgan fingerprint density at radius 3 is 2.20 bits per heavy atom. The summed E-state index contributed by atoms with van der Waals surface area (Å²) in [5.74, 6) is 0. The highest BCUT2D eigenvalue weighted by molar-refractivity contribution is 5.72. The summed E-state index contributed by atoms with van der Waals surface area (Å²) in [7, 11) is 1.61. The summed E-state index contributed by atoms with van der Waals surface area (Å²) in [4.78, 5) is 29.1. The molecule has 2 N–H and O–H groups in total. The molecular weight excluding hydrogens is 198 g/mol. The van der Waals surface area contributed by atoms with Crippen LogP contribution < -0.4 is 21.5 Å². The smallest absolute Gasteiger partial charge is 0.253 e. The van der Waals surface area contributed by atoms with Gasteiger partial charge in [-0.3, -0.25) is 9.59 Å². The first-order valence-corrected chi connectivity index (χ1v) is 4.78. The van der Waals surface area contributed by atoms with Crippen LogP contribution in [-0.2, 0) is 4.84 Å². The Kier molecular flexibility index (Phi) is 2.45. The van der Waals surface area contributed by atoms with Crippen molar-refractivity contribution < 1.29 is 4.84 Å². The Morgan fingerprint density at radius 2 is 1.73 bits per heavy atom. The molecule has 1 heterocycles. The molecule has 1 aliphatic heterocycles. The molecule has 82 valence electrons. The summed E-state index contributed by atoms with van der Waals surface area (Å²) >= 11 is 0. The van der Waals surface area contributed by atoms with E-state index in [1.54, 1.807) is 12.2 Å². The standard InChI is InChI=1S/C9H13N3O3/c1-15-12-4-2-11(3-5-12)7-6(10)8(13)9(7)14/h2-5,10H2,1H3. The topological polar surface area (TPSA) is 75.9 Å². The lowest BCUT2D eigenvalue weighted by atomic mass is 10.1. The molecular formula is C9H13N3O3. The summed E-state index contributed by atoms with van der Waals surface area (Å²) in [5.41, 5.74) is 4.95. The number of nitrogen functional groups attached to an aromatic ring is 1. The van der Waals surface area contributed by atoms with E-state index in [4.69, 9.17) is 10.6 Å². The minimum atomic E-state index is -0.556. The molecule has 0 amide bonds. The van der Waals surface area contributed by atoms with Gasteiger partial charge in [-0.05, 0) is 0 Å². The van der Waals surface area contributed by atoms with Crippen molar-refractivity contribution in [2.45, 2.75) is 0 Å². The third-order valence-corrected chi connectivity index (χ3v) is 2.73. The molecule has 1 aromatic carbocycles. The lowest BCUT2D eigenvalue weighted by Gasteiger charge is -2.35. The molecule has 6 heteroatoms. The fourth-order valence-electron chi connectivity index (χ4n) is 1.81. The highest BCUT2D eigenvalue weighted by Gasteiger charge is 2.26. The predicted molar refractivity (Wildman–Crippen MR) is 56.6 cm³/mol. The van der Waals surface area contributed by atoms with Crippen LogP contribution in [-0.4, -0.2) is 38.4 Å². The molecule has 1 aromatic rings. The molecule has 0 atom stereocenters. The molecule has 0 radical (unpaired) electrons. The summed E-state index contributed by atoms with van der Waals surface area (Å²) in [6, 6.07) is 0. The third kappa shape index (κ3) is 1.51. The maximum atomic E-state index is 11.2. The Morgan fingerprint density at radius 1 is 1.13 bits per heavy atom. The number of anilines is 2. The van der Waals surface area contributed by atoms with E-state index in [0.29, 0.717) is 31.9 Å². The van der Waals surface area contributed by atoms with Crippen molar-refractivity contribution in [3.8, 4) is 0 Å². The Hall–Kier alpha value is -1.40. The number of nitrogens with two attached hydrogens (primary N) is 1. The summed E-state index contributed by atoms with van der Waals surface area (Å²) in [6.07, 6.45) is 0. The van der Waals surface area contributed by atoms with Crippen LogP contribution in [0.15, 0.2) is 9.59 Å². The Labute approximate surface area is 86.5 Å². The van der Waals surface area contributed by atoms with Crippen molar-refractivity contribution in [2.24, 2.45) is 0 Å². The molecule has 0 aromatic heterocycles. The van der Waals surface area contributed by atoms with Crippen LogP contribution in [0.5, 0.6) is 0 Å². The average Bonchev–Trinajstić information content (AvgIpc) is 2.30. The van der Waals surface area contributed by atoms with Gasteiger partial charge in [0.15, 0.2) is 0 Å². The minimum Gasteiger partial charge on any atom is -0.394 e. The van der Waals surface area contributed by atoms with Gasteiger partial charge in [0.2, 0.25) is 0 Å². The summed E-state index contributed by atoms with van der Waals surface area (Å²) in [5, 5.41) is 1.80. The first-order chi connectivity index (χ1) is 7.15. The number of nitrogens with zero attached hydrogens (tertiary/aromatic N) is 2. The second kappa shape index (κ2) is 3.63. The molecule has 6 nitrogen and oxygen atoms in total. The lowest BCUT2D eigenvalue weighted by molar-refractivity contribution is -0.133. The van der Waals surface area contributed by atoms with Crippen molar-refractivity contribution >= 4 is 11.4 Å². The summed E-state index contributed by atoms with van der Waals surface area (Å²) in [6.45, 7) is 2.72. The van der Waals surface area contributed by atoms with Crippen LogP contribution in [0, 0.1) is 0 Å². The van der Waals surface area contributed by atoms with E-state index >= 15 is 0 Å². The second-order valence-corrected chi connectivity index (χ2v) is 3.52. The zero-order chi connectivity index (χ0) is 11.0. The van der Waals surface area contributed by atoms with Gasteiger partial charge in [-0.1, -0.05) is 0 Å². The van der Waals surface area contributed by atoms with Crippen LogP contribution in [0.25, 0.3) is 0 Å². The lowest BCUT2D eigenvalue weighted by Crippen LogP contribution is -2.51. The second-order valence-electron chi connectivity index (χ2n) is 3.52. The first-order valence-electron chi connectivity index (χ1n) is 4.78. The van der Waals surface area contributed by atoms with Crippen LogP contribution in [0.3, 0.4) is 0 Å². The maximum Gasteiger partial charge on any atom is 0.253 e. The molecule has 0 bridgehead atoms. The van der Waals surface area contributed by atoms with Crippen molar-refractivity contribution in [1.82, 2.24) is 5.06 Å². The van der Waals surface area contributed by atoms with E-state index in [9.17, 15) is 9.59 Å². The first kappa shape index (κ1) is 10.1. The molecule has 1 saturated heterocycles. The highest BCUT2D eigenvalue weighted by atomic mass is 16.7. The SMILES string of the molecule is CON1CCN(c2c(N)c(=O)c2=O)CC1. The van der Waals surface area contributed by atoms with Gasteiger partial charge in [0.25, 0.3) is 10.9 Å². The van der Waals surface area contributed by atoms with Crippen molar-refractivity contribution in [2.75, 3.05) is 43.9 Å². The normalized spacial score (nSPS) is 18.6. The van der Waals surface area contributed by atoms with Crippen molar-refractivity contribution in [3.63, 3.8) is 0 Å². The van der Waals surface area contributed by atoms with Crippen LogP contribution in [0.4, 0.5) is 11.4 Å². The predicted octanol–water partition coefficient (Wildman–Crippen LogP) is -1.45. The number of hydrogen-bond acceptors (Lipinski definition) is 6. The maximum absolute atomic E-state index is 11.2. The van der Waals surface area contributed by atoms with E-state index in [2.05, 4.69) is 0 Å². The number of piperazine rings is 1. The van der Waals surface area contributed by atoms with Crippen LogP contribution >= 0.6 is 0 Å². The van der Waals surface area contributed by atoms with Crippen molar-refractivity contribution in [3.05, 3.63) is 20.4 Å². The molecule has 1 fully saturated rings. The van der Waals surface area contributed by atoms with Gasteiger partial charge >= 0.3 is 0 Å². The number of hydroxylamine groups is 2. The fourth-order valence-corrected chi connectivity index (χ4v) is 1.81. The monoisotopic (exact) mass is 211 g/mol. The van der Waals surface area contributed by atoms with Gasteiger partial charge in [0, 0.05) is 26.2 Å². The largest absolute Gasteiger partial charge is 0.394 e. The van der Waals surface area contributed by atoms with E-state index in [-0.39, 0.29) is 5.69 Å². The quantitative estimate of drug-likeness (QED) is 0.603. The van der Waals surface area contributed by atoms with Gasteiger partial charge in [0.1, 0.15) is 11.4 Å². The Balaban J connectivity index is 2.09. The zero-order valence-electron chi connectivity index (χ0n) is 8.52. The Bertz CT molecular complexity index is 428. The zero-order valence-corrected chi connectivity index (χ0v) is 8.52. The fraction of sp³-hybridized carbons (Fsp3) is 0.556. The molecule has 0 saturated carbocycles. The molecule has 0 aliphatic carbocycles.